The number of aliphatic imine (C=N–C) groups is 4. The number of carbonyl (C=O) groups is 8. The van der Waals surface area contributed by atoms with Crippen LogP contribution in [0.5, 0.6) is 0 Å². The van der Waals surface area contributed by atoms with Gasteiger partial charge < -0.3 is 40.9 Å². The molecule has 0 saturated heterocycles. The smallest absolute Gasteiger partial charge is 0.335 e. The van der Waals surface area contributed by atoms with E-state index in [1.165, 1.54) is 97.1 Å². The van der Waals surface area contributed by atoms with Gasteiger partial charge in [0.1, 0.15) is 0 Å². The van der Waals surface area contributed by atoms with E-state index in [9.17, 15) is 79.2 Å². The van der Waals surface area contributed by atoms with Gasteiger partial charge in [-0.25, -0.2) is 58.3 Å². The zero-order chi connectivity index (χ0) is 51.4. The van der Waals surface area contributed by atoms with Crippen molar-refractivity contribution in [1.82, 2.24) is 0 Å². The van der Waals surface area contributed by atoms with Gasteiger partial charge in [-0.05, 0) is 144 Å². The number of aromatic carboxylic acids is 8. The fourth-order valence-corrected chi connectivity index (χ4v) is 8.35. The second-order valence-electron chi connectivity index (χ2n) is 16.0. The Morgan fingerprint density at radius 1 is 0.236 bits per heavy atom. The second kappa shape index (κ2) is 17.7. The zero-order valence-electron chi connectivity index (χ0n) is 36.2. The van der Waals surface area contributed by atoms with Gasteiger partial charge in [-0.15, -0.1) is 0 Å². The predicted octanol–water partition coefficient (Wildman–Crippen LogP) is 7.27. The summed E-state index contributed by atoms with van der Waals surface area (Å²) in [6.45, 7) is 0. The first-order valence-electron chi connectivity index (χ1n) is 20.8. The zero-order valence-corrected chi connectivity index (χ0v) is 36.2. The molecular formula is C52H28N4O16. The maximum Gasteiger partial charge on any atom is 0.335 e. The predicted molar refractivity (Wildman–Crippen MR) is 255 cm³/mol. The van der Waals surface area contributed by atoms with Gasteiger partial charge >= 0.3 is 47.8 Å². The molecule has 0 spiro atoms. The summed E-state index contributed by atoms with van der Waals surface area (Å²) in [5, 5.41) is 81.0. The molecule has 0 aliphatic carbocycles. The van der Waals surface area contributed by atoms with E-state index in [1.807, 2.05) is 0 Å². The van der Waals surface area contributed by atoms with Crippen LogP contribution in [0.3, 0.4) is 0 Å². The van der Waals surface area contributed by atoms with E-state index in [0.717, 1.165) is 24.3 Å². The summed E-state index contributed by atoms with van der Waals surface area (Å²) in [7, 11) is 0. The van der Waals surface area contributed by atoms with Crippen molar-refractivity contribution in [1.29, 1.82) is 0 Å². The Morgan fingerprint density at radius 2 is 0.389 bits per heavy atom. The Morgan fingerprint density at radius 3 is 0.528 bits per heavy atom. The summed E-state index contributed by atoms with van der Waals surface area (Å²) < 4.78 is 0. The summed E-state index contributed by atoms with van der Waals surface area (Å²) in [5.41, 5.74) is -3.52. The fraction of sp³-hybridized carbons (Fsp3) is 0. The Labute approximate surface area is 402 Å². The molecule has 0 radical (unpaired) electrons. The number of benzene rings is 4. The van der Waals surface area contributed by atoms with E-state index in [2.05, 4.69) is 0 Å². The van der Waals surface area contributed by atoms with Crippen LogP contribution in [0, 0.1) is 0 Å². The van der Waals surface area contributed by atoms with Crippen LogP contribution in [0.25, 0.3) is 22.3 Å². The lowest BCUT2D eigenvalue weighted by Gasteiger charge is -2.14. The standard InChI is InChI=1S/C52H28N4O16/c57-45(58)25-9-21(10-26(17-25)46(59)60)41-33-1-2-34(53-33)42(22-11-27(47(61)62)18-28(12-22)48(63)64)36-5-6-38(55-36)44(24-15-31(51(69)70)20-32(16-24)52(71)72)40-8-7-39(56-40)43(37-4-3-35(41)54-37)23-13-29(49(65)66)19-30(14-23)50(67)68/h1-20H,(H,57,58)(H,59,60)(H,61,62)(H,63,64)(H,65,66)(H,67,68)(H,69,70)(H,71,72). The summed E-state index contributed by atoms with van der Waals surface area (Å²) >= 11 is 0. The molecule has 20 heteroatoms. The van der Waals surface area contributed by atoms with Crippen LogP contribution in [-0.2, 0) is 0 Å². The highest BCUT2D eigenvalue weighted by molar-refractivity contribution is 6.40. The quantitative estimate of drug-likeness (QED) is 0.0691. The van der Waals surface area contributed by atoms with Gasteiger partial charge in [0.25, 0.3) is 0 Å². The monoisotopic (exact) mass is 964 g/mol. The van der Waals surface area contributed by atoms with Gasteiger partial charge in [0.15, 0.2) is 0 Å². The van der Waals surface area contributed by atoms with Crippen LogP contribution in [-0.4, -0.2) is 111 Å². The Balaban J connectivity index is 1.45. The molecule has 0 atom stereocenters. The van der Waals surface area contributed by atoms with Crippen molar-refractivity contribution in [2.75, 3.05) is 0 Å². The number of hydrogen-bond acceptors (Lipinski definition) is 12. The number of carboxylic acids is 8. The van der Waals surface area contributed by atoms with E-state index >= 15 is 0 Å². The molecule has 0 saturated carbocycles. The molecule has 4 aromatic carbocycles. The molecule has 0 aromatic heterocycles. The van der Waals surface area contributed by atoms with E-state index < -0.39 is 92.3 Å². The van der Waals surface area contributed by atoms with Crippen LogP contribution in [0.2, 0.25) is 0 Å². The molecule has 4 aromatic rings. The average molecular weight is 965 g/mol. The molecule has 72 heavy (non-hydrogen) atoms. The van der Waals surface area contributed by atoms with Gasteiger partial charge in [-0.3, -0.25) is 0 Å². The van der Waals surface area contributed by atoms with Crippen LogP contribution >= 0.6 is 0 Å². The molecule has 352 valence electrons. The Kier molecular flexibility index (Phi) is 11.4. The highest BCUT2D eigenvalue weighted by Crippen LogP contribution is 2.40. The largest absolute Gasteiger partial charge is 0.478 e. The van der Waals surface area contributed by atoms with E-state index in [1.54, 1.807) is 0 Å². The third-order valence-corrected chi connectivity index (χ3v) is 11.5. The van der Waals surface area contributed by atoms with Crippen molar-refractivity contribution in [2.24, 2.45) is 20.0 Å². The number of nitrogens with zero attached hydrogens (tertiary/aromatic N) is 4. The molecule has 5 aliphatic heterocycles. The number of carboxylic acid groups (broad SMARTS) is 8. The highest BCUT2D eigenvalue weighted by atomic mass is 16.4. The van der Waals surface area contributed by atoms with Crippen molar-refractivity contribution >= 4 is 92.9 Å². The lowest BCUT2D eigenvalue weighted by Crippen LogP contribution is -2.09. The van der Waals surface area contributed by atoms with Crippen LogP contribution in [0.15, 0.2) is 164 Å². The number of fused-ring (bicyclic) bond motifs is 4. The van der Waals surface area contributed by atoms with Crippen molar-refractivity contribution in [3.05, 3.63) is 211 Å². The van der Waals surface area contributed by atoms with E-state index in [4.69, 9.17) is 20.0 Å². The summed E-state index contributed by atoms with van der Waals surface area (Å²) in [4.78, 5) is 119. The fourth-order valence-electron chi connectivity index (χ4n) is 8.35. The van der Waals surface area contributed by atoms with Crippen LogP contribution in [0.4, 0.5) is 0 Å². The molecular weight excluding hydrogens is 937 g/mol. The molecule has 5 heterocycles. The minimum atomic E-state index is -1.49. The summed E-state index contributed by atoms with van der Waals surface area (Å²) in [6.07, 6.45) is 11.6. The molecule has 5 aliphatic rings. The minimum absolute atomic E-state index is 0.00740. The molecule has 0 fully saturated rings. The third kappa shape index (κ3) is 8.56. The van der Waals surface area contributed by atoms with Gasteiger partial charge in [-0.1, -0.05) is 0 Å². The van der Waals surface area contributed by atoms with Crippen molar-refractivity contribution < 1.29 is 79.2 Å². The third-order valence-electron chi connectivity index (χ3n) is 11.5. The SMILES string of the molecule is O=C(O)c1cc(C(=O)O)cc(C2=C3C=CC(=N3)C(c3cc(C(=O)O)cc(C(=O)O)c3)=C3C=CC(=N3)C(c3cc(C(=O)O)cc(C(=O)O)c3)=C3C=CC(=N3)C(c3cc(C(=O)O)cc(C(=O)O)c3)=C3C=CC2=N3)c1. The summed E-state index contributed by atoms with van der Waals surface area (Å²) in [6, 6.07) is 13.1. The van der Waals surface area contributed by atoms with E-state index in [0.29, 0.717) is 0 Å². The highest BCUT2D eigenvalue weighted by Gasteiger charge is 2.31. The molecule has 20 nitrogen and oxygen atoms in total. The summed E-state index contributed by atoms with van der Waals surface area (Å²) in [5.74, 6) is -11.9. The van der Waals surface area contributed by atoms with Crippen molar-refractivity contribution in [3.63, 3.8) is 0 Å². The average Bonchev–Trinajstić information content (AvgIpc) is 4.19. The van der Waals surface area contributed by atoms with Gasteiger partial charge in [-0.2, -0.15) is 0 Å². The van der Waals surface area contributed by atoms with Crippen molar-refractivity contribution in [3.8, 4) is 0 Å². The molecule has 0 amide bonds. The van der Waals surface area contributed by atoms with Gasteiger partial charge in [0.2, 0.25) is 0 Å². The number of allylic oxidation sites excluding steroid dienone is 12. The van der Waals surface area contributed by atoms with E-state index in [-0.39, 0.29) is 90.2 Å². The lowest BCUT2D eigenvalue weighted by molar-refractivity contribution is 0.0676. The lowest BCUT2D eigenvalue weighted by atomic mass is 9.94. The molecule has 0 unspecified atom stereocenters. The first-order valence-corrected chi connectivity index (χ1v) is 20.8. The second-order valence-corrected chi connectivity index (χ2v) is 16.0. The maximum absolute atomic E-state index is 12.5. The first-order chi connectivity index (χ1) is 34.2. The van der Waals surface area contributed by atoms with Crippen LogP contribution < -0.4 is 0 Å². The maximum atomic E-state index is 12.5. The Bertz CT molecular complexity index is 3140. The molecule has 8 bridgehead atoms. The molecule has 8 N–H and O–H groups in total. The minimum Gasteiger partial charge on any atom is -0.478 e. The Hall–Kier alpha value is -10.8. The number of rotatable bonds is 12. The number of hydrogen-bond donors (Lipinski definition) is 8. The normalized spacial score (nSPS) is 15.4. The van der Waals surface area contributed by atoms with Crippen molar-refractivity contribution in [2.45, 2.75) is 0 Å². The van der Waals surface area contributed by atoms with Crippen LogP contribution in [0.1, 0.15) is 105 Å². The first kappa shape index (κ1) is 46.4. The topological polar surface area (TPSA) is 348 Å². The molecule has 9 rings (SSSR count). The van der Waals surface area contributed by atoms with Gasteiger partial charge in [0.05, 0.1) is 90.1 Å². The van der Waals surface area contributed by atoms with Gasteiger partial charge in [0, 0.05) is 22.3 Å².